The summed E-state index contributed by atoms with van der Waals surface area (Å²) in [6, 6.07) is 17.9. The maximum absolute atomic E-state index is 12.0. The van der Waals surface area contributed by atoms with Crippen LogP contribution in [0.15, 0.2) is 59.7 Å². The van der Waals surface area contributed by atoms with Gasteiger partial charge in [0.25, 0.3) is 5.91 Å². The zero-order valence-electron chi connectivity index (χ0n) is 14.8. The summed E-state index contributed by atoms with van der Waals surface area (Å²) in [5.74, 6) is -0.104. The third-order valence-electron chi connectivity index (χ3n) is 4.47. The van der Waals surface area contributed by atoms with Crippen molar-refractivity contribution in [1.29, 1.82) is 0 Å². The van der Waals surface area contributed by atoms with Gasteiger partial charge in [0, 0.05) is 44.0 Å². The number of rotatable bonds is 6. The topological polar surface area (TPSA) is 74.0 Å². The number of anilines is 1. The zero-order valence-corrected chi connectivity index (χ0v) is 14.8. The Morgan fingerprint density at radius 3 is 2.38 bits per heavy atom. The van der Waals surface area contributed by atoms with Crippen molar-refractivity contribution in [3.8, 4) is 0 Å². The van der Waals surface area contributed by atoms with E-state index in [9.17, 15) is 4.79 Å². The van der Waals surface area contributed by atoms with Crippen molar-refractivity contribution >= 4 is 17.8 Å². The minimum absolute atomic E-state index is 0.104. The first kappa shape index (κ1) is 18.1. The number of para-hydroxylation sites is 1. The molecule has 2 aromatic carbocycles. The summed E-state index contributed by atoms with van der Waals surface area (Å²) in [6.45, 7) is 5.02. The molecule has 136 valence electrons. The van der Waals surface area contributed by atoms with Crippen LogP contribution < -0.4 is 11.2 Å². The quantitative estimate of drug-likeness (QED) is 0.470. The molecule has 26 heavy (non-hydrogen) atoms. The van der Waals surface area contributed by atoms with E-state index < -0.39 is 0 Å². The maximum atomic E-state index is 12.0. The highest BCUT2D eigenvalue weighted by atomic mass is 16.2. The number of hydrogen-bond acceptors (Lipinski definition) is 5. The van der Waals surface area contributed by atoms with Gasteiger partial charge in [-0.1, -0.05) is 48.5 Å². The number of hydrazone groups is 1. The van der Waals surface area contributed by atoms with Gasteiger partial charge in [0.05, 0.1) is 12.8 Å². The van der Waals surface area contributed by atoms with Crippen LogP contribution in [0.3, 0.4) is 0 Å². The molecule has 1 saturated heterocycles. The van der Waals surface area contributed by atoms with Gasteiger partial charge in [0.15, 0.2) is 0 Å². The summed E-state index contributed by atoms with van der Waals surface area (Å²) in [5, 5.41) is 4.00. The summed E-state index contributed by atoms with van der Waals surface area (Å²) in [4.78, 5) is 16.6. The van der Waals surface area contributed by atoms with Crippen LogP contribution in [0.4, 0.5) is 5.69 Å². The van der Waals surface area contributed by atoms with Gasteiger partial charge in [0.1, 0.15) is 0 Å². The van der Waals surface area contributed by atoms with Gasteiger partial charge < -0.3 is 5.73 Å². The molecule has 6 nitrogen and oxygen atoms in total. The van der Waals surface area contributed by atoms with E-state index in [1.807, 2.05) is 24.3 Å². The molecule has 1 aliphatic rings. The van der Waals surface area contributed by atoms with Crippen molar-refractivity contribution in [2.24, 2.45) is 5.10 Å². The summed E-state index contributed by atoms with van der Waals surface area (Å²) in [5.41, 5.74) is 11.2. The first-order valence-corrected chi connectivity index (χ1v) is 8.86. The highest BCUT2D eigenvalue weighted by molar-refractivity contribution is 5.88. The van der Waals surface area contributed by atoms with E-state index in [0.29, 0.717) is 12.2 Å². The maximum Gasteiger partial charge on any atom is 0.254 e. The van der Waals surface area contributed by atoms with Gasteiger partial charge >= 0.3 is 0 Å². The van der Waals surface area contributed by atoms with Gasteiger partial charge in [-0.2, -0.15) is 5.10 Å². The highest BCUT2D eigenvalue weighted by Crippen LogP contribution is 2.08. The van der Waals surface area contributed by atoms with Gasteiger partial charge in [-0.15, -0.1) is 0 Å². The van der Waals surface area contributed by atoms with Crippen molar-refractivity contribution in [3.05, 3.63) is 65.7 Å². The second-order valence-electron chi connectivity index (χ2n) is 6.46. The van der Waals surface area contributed by atoms with Crippen LogP contribution in [0, 0.1) is 0 Å². The second kappa shape index (κ2) is 9.12. The number of carbonyl (C=O) groups is 1. The number of piperazine rings is 1. The summed E-state index contributed by atoms with van der Waals surface area (Å²) >= 11 is 0. The number of nitrogens with one attached hydrogen (secondary N) is 1. The van der Waals surface area contributed by atoms with Crippen molar-refractivity contribution in [3.63, 3.8) is 0 Å². The SMILES string of the molecule is Nc1ccccc1/C=N/NC(=O)CN1CCN(Cc2ccccc2)CC1. The van der Waals surface area contributed by atoms with Gasteiger partial charge in [-0.05, 0) is 11.6 Å². The standard InChI is InChI=1S/C20H25N5O/c21-19-9-5-4-8-18(19)14-22-23-20(26)16-25-12-10-24(11-13-25)15-17-6-2-1-3-7-17/h1-9,14H,10-13,15-16,21H2,(H,23,26)/b22-14+. The van der Waals surface area contributed by atoms with Gasteiger partial charge in [0.2, 0.25) is 0 Å². The molecule has 0 atom stereocenters. The van der Waals surface area contributed by atoms with E-state index in [-0.39, 0.29) is 5.91 Å². The van der Waals surface area contributed by atoms with Crippen LogP contribution in [0.1, 0.15) is 11.1 Å². The molecule has 0 bridgehead atoms. The Balaban J connectivity index is 1.39. The minimum Gasteiger partial charge on any atom is -0.398 e. The van der Waals surface area contributed by atoms with Crippen LogP contribution in [0.5, 0.6) is 0 Å². The molecule has 0 aromatic heterocycles. The Morgan fingerprint density at radius 1 is 1.00 bits per heavy atom. The lowest BCUT2D eigenvalue weighted by Gasteiger charge is -2.34. The second-order valence-corrected chi connectivity index (χ2v) is 6.46. The van der Waals surface area contributed by atoms with Crippen LogP contribution in [-0.4, -0.2) is 54.6 Å². The van der Waals surface area contributed by atoms with Gasteiger partial charge in [-0.25, -0.2) is 5.43 Å². The molecule has 0 saturated carbocycles. The lowest BCUT2D eigenvalue weighted by Crippen LogP contribution is -2.48. The Labute approximate surface area is 154 Å². The van der Waals surface area contributed by atoms with E-state index in [0.717, 1.165) is 38.3 Å². The summed E-state index contributed by atoms with van der Waals surface area (Å²) in [7, 11) is 0. The third kappa shape index (κ3) is 5.40. The Bertz CT molecular complexity index is 739. The number of nitrogens with two attached hydrogens (primary N) is 1. The molecule has 1 fully saturated rings. The largest absolute Gasteiger partial charge is 0.398 e. The van der Waals surface area contributed by atoms with Crippen molar-refractivity contribution in [2.45, 2.75) is 6.54 Å². The fourth-order valence-electron chi connectivity index (χ4n) is 2.99. The lowest BCUT2D eigenvalue weighted by atomic mass is 10.2. The normalized spacial score (nSPS) is 16.0. The lowest BCUT2D eigenvalue weighted by molar-refractivity contribution is -0.122. The molecule has 6 heteroatoms. The molecule has 2 aromatic rings. The number of nitrogens with zero attached hydrogens (tertiary/aromatic N) is 3. The predicted molar refractivity (Wildman–Crippen MR) is 105 cm³/mol. The highest BCUT2D eigenvalue weighted by Gasteiger charge is 2.18. The van der Waals surface area contributed by atoms with E-state index in [1.165, 1.54) is 5.56 Å². The first-order valence-electron chi connectivity index (χ1n) is 8.86. The van der Waals surface area contributed by atoms with E-state index in [1.54, 1.807) is 12.3 Å². The van der Waals surface area contributed by atoms with Crippen LogP contribution >= 0.6 is 0 Å². The van der Waals surface area contributed by atoms with Gasteiger partial charge in [-0.3, -0.25) is 14.6 Å². The van der Waals surface area contributed by atoms with Crippen LogP contribution in [-0.2, 0) is 11.3 Å². The molecule has 1 aliphatic heterocycles. The smallest absolute Gasteiger partial charge is 0.254 e. The Hall–Kier alpha value is -2.70. The van der Waals surface area contributed by atoms with Crippen LogP contribution in [0.2, 0.25) is 0 Å². The van der Waals surface area contributed by atoms with Crippen LogP contribution in [0.25, 0.3) is 0 Å². The Kier molecular flexibility index (Phi) is 6.35. The van der Waals surface area contributed by atoms with E-state index >= 15 is 0 Å². The molecular formula is C20H25N5O. The number of benzene rings is 2. The molecule has 0 unspecified atom stereocenters. The molecule has 0 radical (unpaired) electrons. The molecule has 0 spiro atoms. The van der Waals surface area contributed by atoms with E-state index in [2.05, 4.69) is 44.6 Å². The molecule has 3 rings (SSSR count). The molecule has 1 heterocycles. The first-order chi connectivity index (χ1) is 12.7. The van der Waals surface area contributed by atoms with E-state index in [4.69, 9.17) is 5.73 Å². The minimum atomic E-state index is -0.104. The fraction of sp³-hybridized carbons (Fsp3) is 0.300. The average molecular weight is 351 g/mol. The van der Waals surface area contributed by atoms with Crippen molar-refractivity contribution < 1.29 is 4.79 Å². The average Bonchev–Trinajstić information content (AvgIpc) is 2.66. The zero-order chi connectivity index (χ0) is 18.2. The van der Waals surface area contributed by atoms with Crippen molar-refractivity contribution in [2.75, 3.05) is 38.5 Å². The summed E-state index contributed by atoms with van der Waals surface area (Å²) < 4.78 is 0. The monoisotopic (exact) mass is 351 g/mol. The molecule has 1 amide bonds. The molecule has 0 aliphatic carbocycles. The predicted octanol–water partition coefficient (Wildman–Crippen LogP) is 1.54. The van der Waals surface area contributed by atoms with Crippen molar-refractivity contribution in [1.82, 2.24) is 15.2 Å². The third-order valence-corrected chi connectivity index (χ3v) is 4.47. The Morgan fingerprint density at radius 2 is 1.65 bits per heavy atom. The number of nitrogen functional groups attached to an aromatic ring is 1. The summed E-state index contributed by atoms with van der Waals surface area (Å²) in [6.07, 6.45) is 1.57. The molecular weight excluding hydrogens is 326 g/mol. The molecule has 3 N–H and O–H groups in total. The number of hydrogen-bond donors (Lipinski definition) is 2. The fourth-order valence-corrected chi connectivity index (χ4v) is 2.99. The number of carbonyl (C=O) groups excluding carboxylic acids is 1. The number of amides is 1.